The van der Waals surface area contributed by atoms with Gasteiger partial charge in [-0.1, -0.05) is 6.07 Å². The van der Waals surface area contributed by atoms with Crippen LogP contribution in [0.5, 0.6) is 5.75 Å². The zero-order valence-electron chi connectivity index (χ0n) is 10.1. The molecule has 1 aromatic carbocycles. The summed E-state index contributed by atoms with van der Waals surface area (Å²) in [6.45, 7) is 4.50. The summed E-state index contributed by atoms with van der Waals surface area (Å²) < 4.78 is 29.7. The topological polar surface area (TPSA) is 55.4 Å². The zero-order chi connectivity index (χ0) is 12.5. The number of rotatable bonds is 2. The lowest BCUT2D eigenvalue weighted by molar-refractivity contribution is 0.243. The van der Waals surface area contributed by atoms with Crippen molar-refractivity contribution in [2.45, 2.75) is 31.3 Å². The number of sulfone groups is 1. The Hall–Kier alpha value is -1.23. The Labute approximate surface area is 102 Å². The minimum absolute atomic E-state index is 0.0225. The van der Waals surface area contributed by atoms with Crippen molar-refractivity contribution in [1.29, 1.82) is 0 Å². The first-order valence-electron chi connectivity index (χ1n) is 5.77. The van der Waals surface area contributed by atoms with Gasteiger partial charge in [-0.25, -0.2) is 8.42 Å². The number of fused-ring (bicyclic) bond motifs is 1. The molecule has 0 radical (unpaired) electrons. The number of para-hydroxylation sites is 1. The van der Waals surface area contributed by atoms with E-state index in [4.69, 9.17) is 4.74 Å². The van der Waals surface area contributed by atoms with Gasteiger partial charge in [0.2, 0.25) is 0 Å². The SMILES string of the molecule is CC(C)Oc1cccc2c1NCCCS2(=O)=O. The summed E-state index contributed by atoms with van der Waals surface area (Å²) in [7, 11) is -3.18. The molecule has 0 fully saturated rings. The van der Waals surface area contributed by atoms with Crippen molar-refractivity contribution in [3.63, 3.8) is 0 Å². The third kappa shape index (κ3) is 2.54. The average molecular weight is 255 g/mol. The zero-order valence-corrected chi connectivity index (χ0v) is 10.9. The second kappa shape index (κ2) is 4.56. The van der Waals surface area contributed by atoms with Gasteiger partial charge in [0.25, 0.3) is 0 Å². The standard InChI is InChI=1S/C12H17NO3S/c1-9(2)16-10-5-3-6-11-12(10)13-7-4-8-17(11,14)15/h3,5-6,9,13H,4,7-8H2,1-2H3. The van der Waals surface area contributed by atoms with Crippen molar-refractivity contribution in [2.75, 3.05) is 17.6 Å². The fraction of sp³-hybridized carbons (Fsp3) is 0.500. The van der Waals surface area contributed by atoms with Crippen molar-refractivity contribution in [1.82, 2.24) is 0 Å². The number of anilines is 1. The summed E-state index contributed by atoms with van der Waals surface area (Å²) in [5.41, 5.74) is 0.610. The predicted molar refractivity (Wildman–Crippen MR) is 67.4 cm³/mol. The summed E-state index contributed by atoms with van der Waals surface area (Å²) in [5.74, 6) is 0.806. The van der Waals surface area contributed by atoms with E-state index in [2.05, 4.69) is 5.32 Å². The molecule has 2 rings (SSSR count). The number of ether oxygens (including phenoxy) is 1. The van der Waals surface area contributed by atoms with Crippen LogP contribution in [0.25, 0.3) is 0 Å². The first-order chi connectivity index (χ1) is 8.00. The monoisotopic (exact) mass is 255 g/mol. The van der Waals surface area contributed by atoms with Crippen LogP contribution in [-0.2, 0) is 9.84 Å². The Morgan fingerprint density at radius 2 is 2.12 bits per heavy atom. The van der Waals surface area contributed by atoms with Gasteiger partial charge in [0.15, 0.2) is 9.84 Å². The Morgan fingerprint density at radius 1 is 1.35 bits per heavy atom. The maximum absolute atomic E-state index is 12.0. The molecule has 0 bridgehead atoms. The molecule has 4 nitrogen and oxygen atoms in total. The van der Waals surface area contributed by atoms with E-state index in [1.807, 2.05) is 13.8 Å². The first-order valence-corrected chi connectivity index (χ1v) is 7.42. The van der Waals surface area contributed by atoms with E-state index in [1.165, 1.54) is 0 Å². The molecule has 0 spiro atoms. The van der Waals surface area contributed by atoms with Crippen LogP contribution in [0.15, 0.2) is 23.1 Å². The lowest BCUT2D eigenvalue weighted by Crippen LogP contribution is -2.10. The number of nitrogens with one attached hydrogen (secondary N) is 1. The van der Waals surface area contributed by atoms with E-state index in [0.29, 0.717) is 29.3 Å². The molecule has 1 aliphatic rings. The molecule has 17 heavy (non-hydrogen) atoms. The molecule has 0 atom stereocenters. The Bertz CT molecular complexity index is 508. The van der Waals surface area contributed by atoms with Gasteiger partial charge in [-0.05, 0) is 32.4 Å². The maximum atomic E-state index is 12.0. The van der Waals surface area contributed by atoms with Gasteiger partial charge in [0.1, 0.15) is 5.75 Å². The molecule has 1 heterocycles. The van der Waals surface area contributed by atoms with E-state index < -0.39 is 9.84 Å². The van der Waals surface area contributed by atoms with Crippen LogP contribution in [0, 0.1) is 0 Å². The summed E-state index contributed by atoms with van der Waals surface area (Å²) in [4.78, 5) is 0.355. The summed E-state index contributed by atoms with van der Waals surface area (Å²) in [6.07, 6.45) is 0.646. The van der Waals surface area contributed by atoms with Crippen molar-refractivity contribution in [2.24, 2.45) is 0 Å². The molecule has 0 saturated carbocycles. The van der Waals surface area contributed by atoms with Crippen LogP contribution in [0.1, 0.15) is 20.3 Å². The minimum Gasteiger partial charge on any atom is -0.489 e. The van der Waals surface area contributed by atoms with Gasteiger partial charge in [-0.3, -0.25) is 0 Å². The molecule has 5 heteroatoms. The Balaban J connectivity index is 2.53. The van der Waals surface area contributed by atoms with Gasteiger partial charge >= 0.3 is 0 Å². The molecule has 0 aromatic heterocycles. The normalized spacial score (nSPS) is 18.1. The molecule has 0 aliphatic carbocycles. The first kappa shape index (κ1) is 12.2. The van der Waals surface area contributed by atoms with Crippen LogP contribution in [-0.4, -0.2) is 26.8 Å². The van der Waals surface area contributed by atoms with Crippen molar-refractivity contribution in [3.8, 4) is 5.75 Å². The highest BCUT2D eigenvalue weighted by molar-refractivity contribution is 7.91. The molecule has 1 aliphatic heterocycles. The molecular formula is C12H17NO3S. The highest BCUT2D eigenvalue weighted by atomic mass is 32.2. The van der Waals surface area contributed by atoms with Crippen molar-refractivity contribution >= 4 is 15.5 Å². The van der Waals surface area contributed by atoms with Gasteiger partial charge < -0.3 is 10.1 Å². The van der Waals surface area contributed by atoms with Crippen molar-refractivity contribution < 1.29 is 13.2 Å². The van der Waals surface area contributed by atoms with E-state index in [9.17, 15) is 8.42 Å². The quantitative estimate of drug-likeness (QED) is 0.879. The van der Waals surface area contributed by atoms with E-state index in [0.717, 1.165) is 0 Å². The van der Waals surface area contributed by atoms with Crippen LogP contribution in [0.4, 0.5) is 5.69 Å². The average Bonchev–Trinajstić information content (AvgIpc) is 2.38. The van der Waals surface area contributed by atoms with Gasteiger partial charge in [0, 0.05) is 6.54 Å². The maximum Gasteiger partial charge on any atom is 0.180 e. The molecule has 94 valence electrons. The number of hydrogen-bond acceptors (Lipinski definition) is 4. The third-order valence-corrected chi connectivity index (χ3v) is 4.41. The van der Waals surface area contributed by atoms with E-state index in [1.54, 1.807) is 18.2 Å². The van der Waals surface area contributed by atoms with Crippen LogP contribution in [0.2, 0.25) is 0 Å². The smallest absolute Gasteiger partial charge is 0.180 e. The Kier molecular flexibility index (Phi) is 3.28. The second-order valence-corrected chi connectivity index (χ2v) is 6.47. The minimum atomic E-state index is -3.18. The number of benzene rings is 1. The molecule has 1 N–H and O–H groups in total. The summed E-state index contributed by atoms with van der Waals surface area (Å²) >= 11 is 0. The molecule has 0 saturated heterocycles. The lowest BCUT2D eigenvalue weighted by Gasteiger charge is -2.16. The number of hydrogen-bond donors (Lipinski definition) is 1. The van der Waals surface area contributed by atoms with Crippen LogP contribution >= 0.6 is 0 Å². The largest absolute Gasteiger partial charge is 0.489 e. The fourth-order valence-corrected chi connectivity index (χ4v) is 3.40. The molecular weight excluding hydrogens is 238 g/mol. The molecule has 0 unspecified atom stereocenters. The van der Waals surface area contributed by atoms with Crippen molar-refractivity contribution in [3.05, 3.63) is 18.2 Å². The fourth-order valence-electron chi connectivity index (χ4n) is 1.88. The van der Waals surface area contributed by atoms with Gasteiger partial charge in [0.05, 0.1) is 22.4 Å². The lowest BCUT2D eigenvalue weighted by atomic mass is 10.2. The van der Waals surface area contributed by atoms with E-state index in [-0.39, 0.29) is 11.9 Å². The Morgan fingerprint density at radius 3 is 2.82 bits per heavy atom. The van der Waals surface area contributed by atoms with Crippen LogP contribution in [0.3, 0.4) is 0 Å². The van der Waals surface area contributed by atoms with Gasteiger partial charge in [-0.15, -0.1) is 0 Å². The highest BCUT2D eigenvalue weighted by Crippen LogP contribution is 2.34. The second-order valence-electron chi connectivity index (χ2n) is 4.40. The van der Waals surface area contributed by atoms with E-state index >= 15 is 0 Å². The molecule has 1 aromatic rings. The third-order valence-electron chi connectivity index (χ3n) is 2.58. The summed E-state index contributed by atoms with van der Waals surface area (Å²) in [5, 5.41) is 3.15. The van der Waals surface area contributed by atoms with Crippen LogP contribution < -0.4 is 10.1 Å². The predicted octanol–water partition coefficient (Wildman–Crippen LogP) is 2.06. The molecule has 0 amide bonds. The summed E-state index contributed by atoms with van der Waals surface area (Å²) in [6, 6.07) is 5.16. The highest BCUT2D eigenvalue weighted by Gasteiger charge is 2.24. The van der Waals surface area contributed by atoms with Gasteiger partial charge in [-0.2, -0.15) is 0 Å².